The maximum absolute atomic E-state index is 12.6. The lowest BCUT2D eigenvalue weighted by molar-refractivity contribution is 0.242. The predicted octanol–water partition coefficient (Wildman–Crippen LogP) is 2.63. The summed E-state index contributed by atoms with van der Waals surface area (Å²) in [5, 5.41) is 6.86. The third kappa shape index (κ3) is 6.30. The van der Waals surface area contributed by atoms with Crippen LogP contribution in [0.2, 0.25) is 0 Å². The predicted molar refractivity (Wildman–Crippen MR) is 133 cm³/mol. The van der Waals surface area contributed by atoms with Gasteiger partial charge in [0.2, 0.25) is 10.0 Å². The molecule has 170 valence electrons. The highest BCUT2D eigenvalue weighted by molar-refractivity contribution is 14.0. The van der Waals surface area contributed by atoms with Crippen molar-refractivity contribution in [2.75, 3.05) is 33.7 Å². The maximum Gasteiger partial charge on any atom is 0.242 e. The van der Waals surface area contributed by atoms with Crippen LogP contribution in [0.15, 0.2) is 34.2 Å². The Morgan fingerprint density at radius 1 is 1.20 bits per heavy atom. The first-order valence-corrected chi connectivity index (χ1v) is 12.1. The highest BCUT2D eigenvalue weighted by Crippen LogP contribution is 2.26. The lowest BCUT2D eigenvalue weighted by Crippen LogP contribution is -2.45. The molecule has 2 N–H and O–H groups in total. The van der Waals surface area contributed by atoms with Gasteiger partial charge in [-0.1, -0.05) is 31.0 Å². The van der Waals surface area contributed by atoms with E-state index in [1.807, 2.05) is 19.1 Å². The largest absolute Gasteiger partial charge is 0.357 e. The molecule has 1 saturated heterocycles. The Morgan fingerprint density at radius 3 is 2.57 bits per heavy atom. The molecule has 30 heavy (non-hydrogen) atoms. The molecule has 0 radical (unpaired) electrons. The normalized spacial score (nSPS) is 21.1. The average Bonchev–Trinajstić information content (AvgIpc) is 3.38. The number of halogens is 1. The number of sulfonamides is 1. The first-order chi connectivity index (χ1) is 13.9. The summed E-state index contributed by atoms with van der Waals surface area (Å²) in [7, 11) is -0.385. The van der Waals surface area contributed by atoms with E-state index >= 15 is 0 Å². The number of nitrogens with zero attached hydrogens (tertiary/aromatic N) is 3. The quantitative estimate of drug-likeness (QED) is 0.311. The summed E-state index contributed by atoms with van der Waals surface area (Å²) in [6.45, 7) is 5.33. The van der Waals surface area contributed by atoms with Gasteiger partial charge in [-0.15, -0.1) is 24.0 Å². The molecule has 9 heteroatoms. The molecule has 3 rings (SSSR count). The minimum atomic E-state index is -3.49. The van der Waals surface area contributed by atoms with Crippen molar-refractivity contribution in [3.63, 3.8) is 0 Å². The van der Waals surface area contributed by atoms with Crippen LogP contribution >= 0.6 is 24.0 Å². The number of rotatable bonds is 7. The Balaban J connectivity index is 0.00000320. The minimum absolute atomic E-state index is 0. The molecule has 1 aliphatic carbocycles. The van der Waals surface area contributed by atoms with Gasteiger partial charge in [0.15, 0.2) is 5.96 Å². The second-order valence-electron chi connectivity index (χ2n) is 8.15. The van der Waals surface area contributed by atoms with Crippen molar-refractivity contribution in [1.82, 2.24) is 19.8 Å². The molecule has 1 aromatic carbocycles. The third-order valence-electron chi connectivity index (χ3n) is 5.88. The summed E-state index contributed by atoms with van der Waals surface area (Å²) in [5.41, 5.74) is 0.706. The van der Waals surface area contributed by atoms with Crippen LogP contribution in [0.4, 0.5) is 0 Å². The second-order valence-corrected chi connectivity index (χ2v) is 10.3. The van der Waals surface area contributed by atoms with Crippen molar-refractivity contribution in [1.29, 1.82) is 0 Å². The Morgan fingerprint density at radius 2 is 1.90 bits per heavy atom. The van der Waals surface area contributed by atoms with Gasteiger partial charge in [0, 0.05) is 45.8 Å². The lowest BCUT2D eigenvalue weighted by Gasteiger charge is -2.24. The molecule has 1 aliphatic heterocycles. The molecular formula is C21H36IN5O2S. The van der Waals surface area contributed by atoms with Gasteiger partial charge in [-0.2, -0.15) is 0 Å². The molecule has 7 nitrogen and oxygen atoms in total. The van der Waals surface area contributed by atoms with E-state index in [9.17, 15) is 8.42 Å². The third-order valence-corrected chi connectivity index (χ3v) is 7.80. The Kier molecular flexibility index (Phi) is 9.83. The van der Waals surface area contributed by atoms with Crippen molar-refractivity contribution in [3.05, 3.63) is 29.8 Å². The lowest BCUT2D eigenvalue weighted by atomic mass is 10.2. The summed E-state index contributed by atoms with van der Waals surface area (Å²) < 4.78 is 26.5. The SMILES string of the molecule is CCNC(=NCc1ccccc1S(=O)(=O)N(C)C)NC1CCN(C2CCCC2)C1.I. The Hall–Kier alpha value is -0.910. The van der Waals surface area contributed by atoms with Gasteiger partial charge in [-0.25, -0.2) is 17.7 Å². The zero-order valence-electron chi connectivity index (χ0n) is 18.3. The Bertz CT molecular complexity index is 809. The molecule has 1 saturated carbocycles. The van der Waals surface area contributed by atoms with Gasteiger partial charge in [-0.05, 0) is 37.8 Å². The molecule has 2 aliphatic rings. The van der Waals surface area contributed by atoms with Crippen molar-refractivity contribution >= 4 is 40.0 Å². The van der Waals surface area contributed by atoms with Crippen LogP contribution < -0.4 is 10.6 Å². The first-order valence-electron chi connectivity index (χ1n) is 10.7. The van der Waals surface area contributed by atoms with Gasteiger partial charge in [0.05, 0.1) is 11.4 Å². The molecule has 0 spiro atoms. The van der Waals surface area contributed by atoms with E-state index in [1.165, 1.54) is 30.0 Å². The molecule has 1 unspecified atom stereocenters. The van der Waals surface area contributed by atoms with E-state index in [-0.39, 0.29) is 24.0 Å². The van der Waals surface area contributed by atoms with E-state index in [1.54, 1.807) is 26.2 Å². The number of benzene rings is 1. The van der Waals surface area contributed by atoms with E-state index in [2.05, 4.69) is 15.5 Å². The summed E-state index contributed by atoms with van der Waals surface area (Å²) >= 11 is 0. The van der Waals surface area contributed by atoms with Crippen LogP contribution in [-0.4, -0.2) is 69.4 Å². The van der Waals surface area contributed by atoms with Crippen molar-refractivity contribution in [2.24, 2.45) is 4.99 Å². The fourth-order valence-corrected chi connectivity index (χ4v) is 5.37. The fraction of sp³-hybridized carbons (Fsp3) is 0.667. The molecule has 1 aromatic rings. The van der Waals surface area contributed by atoms with Crippen molar-refractivity contribution in [3.8, 4) is 0 Å². The number of guanidine groups is 1. The van der Waals surface area contributed by atoms with Gasteiger partial charge in [-0.3, -0.25) is 4.90 Å². The van der Waals surface area contributed by atoms with Gasteiger partial charge in [0.25, 0.3) is 0 Å². The highest BCUT2D eigenvalue weighted by Gasteiger charge is 2.30. The monoisotopic (exact) mass is 549 g/mol. The van der Waals surface area contributed by atoms with Crippen molar-refractivity contribution < 1.29 is 8.42 Å². The summed E-state index contributed by atoms with van der Waals surface area (Å²) in [6.07, 6.45) is 6.50. The number of aliphatic imine (C=N–C) groups is 1. The fourth-order valence-electron chi connectivity index (χ4n) is 4.27. The topological polar surface area (TPSA) is 77.0 Å². The highest BCUT2D eigenvalue weighted by atomic mass is 127. The molecule has 0 aromatic heterocycles. The van der Waals surface area contributed by atoms with E-state index in [0.29, 0.717) is 23.0 Å². The van der Waals surface area contributed by atoms with Gasteiger partial charge in [0.1, 0.15) is 0 Å². The second kappa shape index (κ2) is 11.6. The minimum Gasteiger partial charge on any atom is -0.357 e. The number of hydrogen-bond donors (Lipinski definition) is 2. The molecule has 2 fully saturated rings. The average molecular weight is 550 g/mol. The van der Waals surface area contributed by atoms with Crippen LogP contribution in [0.3, 0.4) is 0 Å². The van der Waals surface area contributed by atoms with Crippen LogP contribution in [-0.2, 0) is 16.6 Å². The molecule has 1 atom stereocenters. The number of nitrogens with one attached hydrogen (secondary N) is 2. The van der Waals surface area contributed by atoms with Crippen LogP contribution in [0.25, 0.3) is 0 Å². The summed E-state index contributed by atoms with van der Waals surface area (Å²) in [4.78, 5) is 7.63. The van der Waals surface area contributed by atoms with Crippen LogP contribution in [0.5, 0.6) is 0 Å². The van der Waals surface area contributed by atoms with E-state index in [4.69, 9.17) is 4.99 Å². The molecular weight excluding hydrogens is 513 g/mol. The van der Waals surface area contributed by atoms with Crippen LogP contribution in [0.1, 0.15) is 44.6 Å². The number of hydrogen-bond acceptors (Lipinski definition) is 4. The number of likely N-dealkylation sites (tertiary alicyclic amines) is 1. The standard InChI is InChI=1S/C21H35N5O2S.HI/c1-4-22-21(24-18-13-14-26(16-18)19-10-6-7-11-19)23-15-17-9-5-8-12-20(17)29(27,28)25(2)3;/h5,8-9,12,18-19H,4,6-7,10-11,13-16H2,1-3H3,(H2,22,23,24);1H. The van der Waals surface area contributed by atoms with Crippen molar-refractivity contribution in [2.45, 2.75) is 62.6 Å². The summed E-state index contributed by atoms with van der Waals surface area (Å²) in [5.74, 6) is 0.753. The summed E-state index contributed by atoms with van der Waals surface area (Å²) in [6, 6.07) is 8.23. The molecule has 0 amide bonds. The maximum atomic E-state index is 12.6. The Labute approximate surface area is 198 Å². The van der Waals surface area contributed by atoms with Crippen LogP contribution in [0, 0.1) is 0 Å². The smallest absolute Gasteiger partial charge is 0.242 e. The van der Waals surface area contributed by atoms with Gasteiger partial charge >= 0.3 is 0 Å². The zero-order valence-corrected chi connectivity index (χ0v) is 21.4. The first kappa shape index (κ1) is 25.4. The van der Waals surface area contributed by atoms with E-state index < -0.39 is 10.0 Å². The molecule has 0 bridgehead atoms. The zero-order chi connectivity index (χ0) is 20.9. The van der Waals surface area contributed by atoms with E-state index in [0.717, 1.165) is 38.1 Å². The van der Waals surface area contributed by atoms with Gasteiger partial charge < -0.3 is 10.6 Å². The molecule has 1 heterocycles.